The molecule has 1 amide bonds. The molecule has 1 aromatic rings. The van der Waals surface area contributed by atoms with Crippen molar-refractivity contribution in [1.29, 1.82) is 0 Å². The van der Waals surface area contributed by atoms with E-state index in [1.165, 1.54) is 29.8 Å². The molecule has 0 radical (unpaired) electrons. The Kier molecular flexibility index (Phi) is 4.59. The third-order valence-electron chi connectivity index (χ3n) is 6.42. The van der Waals surface area contributed by atoms with Crippen LogP contribution in [-0.2, 0) is 21.4 Å². The number of sulfonamides is 1. The minimum atomic E-state index is -3.58. The summed E-state index contributed by atoms with van der Waals surface area (Å²) in [5, 5.41) is 4.09. The van der Waals surface area contributed by atoms with Crippen LogP contribution >= 0.6 is 0 Å². The zero-order valence-electron chi connectivity index (χ0n) is 15.4. The van der Waals surface area contributed by atoms with E-state index in [1.54, 1.807) is 10.9 Å². The Morgan fingerprint density at radius 2 is 2.04 bits per heavy atom. The summed E-state index contributed by atoms with van der Waals surface area (Å²) < 4.78 is 29.0. The summed E-state index contributed by atoms with van der Waals surface area (Å²) in [6, 6.07) is 0. The summed E-state index contributed by atoms with van der Waals surface area (Å²) in [5.41, 5.74) is -0.518. The highest BCUT2D eigenvalue weighted by Gasteiger charge is 2.51. The van der Waals surface area contributed by atoms with Gasteiger partial charge in [-0.15, -0.1) is 0 Å². The van der Waals surface area contributed by atoms with Gasteiger partial charge in [0.1, 0.15) is 4.90 Å². The Labute approximate surface area is 155 Å². The van der Waals surface area contributed by atoms with E-state index in [2.05, 4.69) is 5.10 Å². The number of aromatic nitrogens is 2. The van der Waals surface area contributed by atoms with E-state index in [1.807, 2.05) is 11.8 Å². The molecule has 2 aliphatic heterocycles. The van der Waals surface area contributed by atoms with Crippen molar-refractivity contribution in [3.05, 3.63) is 12.4 Å². The van der Waals surface area contributed by atoms with E-state index in [0.29, 0.717) is 32.0 Å². The highest BCUT2D eigenvalue weighted by molar-refractivity contribution is 7.89. The van der Waals surface area contributed by atoms with Gasteiger partial charge in [-0.25, -0.2) is 8.42 Å². The summed E-state index contributed by atoms with van der Waals surface area (Å²) in [7, 11) is -3.58. The predicted octanol–water partition coefficient (Wildman–Crippen LogP) is 1.71. The molecular weight excluding hydrogens is 352 g/mol. The number of amides is 1. The largest absolute Gasteiger partial charge is 0.342 e. The molecule has 2 saturated heterocycles. The highest BCUT2D eigenvalue weighted by Crippen LogP contribution is 2.42. The fraction of sp³-hybridized carbons (Fsp3) is 0.778. The van der Waals surface area contributed by atoms with Crippen LogP contribution in [0.5, 0.6) is 0 Å². The molecule has 4 rings (SSSR count). The van der Waals surface area contributed by atoms with Crippen LogP contribution in [0.3, 0.4) is 0 Å². The number of piperidine rings is 1. The first-order chi connectivity index (χ1) is 12.4. The lowest BCUT2D eigenvalue weighted by atomic mass is 9.77. The Balaban J connectivity index is 1.50. The average Bonchev–Trinajstić information content (AvgIpc) is 3.23. The molecule has 3 fully saturated rings. The summed E-state index contributed by atoms with van der Waals surface area (Å²) in [6.45, 7) is 4.97. The minimum Gasteiger partial charge on any atom is -0.342 e. The van der Waals surface area contributed by atoms with Crippen LogP contribution in [0.25, 0.3) is 0 Å². The van der Waals surface area contributed by atoms with Gasteiger partial charge in [0, 0.05) is 38.9 Å². The molecule has 8 heteroatoms. The molecule has 1 spiro atoms. The number of hydrogen-bond acceptors (Lipinski definition) is 4. The number of likely N-dealkylation sites (tertiary alicyclic amines) is 1. The lowest BCUT2D eigenvalue weighted by Crippen LogP contribution is -2.52. The van der Waals surface area contributed by atoms with Crippen molar-refractivity contribution >= 4 is 15.9 Å². The monoisotopic (exact) mass is 380 g/mol. The molecule has 1 aliphatic carbocycles. The first kappa shape index (κ1) is 18.0. The van der Waals surface area contributed by atoms with Crippen molar-refractivity contribution in [3.8, 4) is 0 Å². The smallest absolute Gasteiger partial charge is 0.246 e. The van der Waals surface area contributed by atoms with Crippen LogP contribution < -0.4 is 0 Å². The molecule has 0 N–H and O–H groups in total. The maximum atomic E-state index is 13.2. The SMILES string of the molecule is CCn1cc(S(=O)(=O)N2CC[C@@]3(CCCN(CC4CCC4)C3=O)C2)cn1. The quantitative estimate of drug-likeness (QED) is 0.779. The Hall–Kier alpha value is -1.41. The third-order valence-corrected chi connectivity index (χ3v) is 8.22. The van der Waals surface area contributed by atoms with E-state index in [4.69, 9.17) is 0 Å². The van der Waals surface area contributed by atoms with Crippen molar-refractivity contribution < 1.29 is 13.2 Å². The highest BCUT2D eigenvalue weighted by atomic mass is 32.2. The maximum Gasteiger partial charge on any atom is 0.246 e. The van der Waals surface area contributed by atoms with E-state index in [9.17, 15) is 13.2 Å². The van der Waals surface area contributed by atoms with Crippen molar-refractivity contribution in [2.75, 3.05) is 26.2 Å². The van der Waals surface area contributed by atoms with Gasteiger partial charge in [0.15, 0.2) is 0 Å². The molecule has 1 aromatic heterocycles. The van der Waals surface area contributed by atoms with E-state index in [0.717, 1.165) is 25.9 Å². The molecule has 1 saturated carbocycles. The van der Waals surface area contributed by atoms with Gasteiger partial charge in [-0.2, -0.15) is 9.40 Å². The predicted molar refractivity (Wildman–Crippen MR) is 96.9 cm³/mol. The molecule has 26 heavy (non-hydrogen) atoms. The number of hydrogen-bond donors (Lipinski definition) is 0. The van der Waals surface area contributed by atoms with Gasteiger partial charge in [-0.05, 0) is 44.9 Å². The molecule has 144 valence electrons. The third kappa shape index (κ3) is 2.97. The van der Waals surface area contributed by atoms with Gasteiger partial charge < -0.3 is 4.90 Å². The summed E-state index contributed by atoms with van der Waals surface area (Å²) in [5.74, 6) is 0.827. The van der Waals surface area contributed by atoms with Crippen LogP contribution in [0.4, 0.5) is 0 Å². The molecule has 0 bridgehead atoms. The molecule has 0 aromatic carbocycles. The number of nitrogens with zero attached hydrogens (tertiary/aromatic N) is 4. The zero-order chi connectivity index (χ0) is 18.4. The first-order valence-electron chi connectivity index (χ1n) is 9.77. The zero-order valence-corrected chi connectivity index (χ0v) is 16.2. The van der Waals surface area contributed by atoms with Crippen LogP contribution in [-0.4, -0.2) is 59.5 Å². The molecule has 0 unspecified atom stereocenters. The lowest BCUT2D eigenvalue weighted by Gasteiger charge is -2.42. The second-order valence-corrected chi connectivity index (χ2v) is 9.99. The Morgan fingerprint density at radius 3 is 2.69 bits per heavy atom. The summed E-state index contributed by atoms with van der Waals surface area (Å²) in [4.78, 5) is 15.4. The van der Waals surface area contributed by atoms with Crippen molar-refractivity contribution in [1.82, 2.24) is 19.0 Å². The molecular formula is C18H28N4O3S. The van der Waals surface area contributed by atoms with Gasteiger partial charge >= 0.3 is 0 Å². The van der Waals surface area contributed by atoms with Crippen LogP contribution in [0.15, 0.2) is 17.3 Å². The lowest BCUT2D eigenvalue weighted by molar-refractivity contribution is -0.146. The summed E-state index contributed by atoms with van der Waals surface area (Å²) in [6.07, 6.45) is 9.11. The van der Waals surface area contributed by atoms with E-state index < -0.39 is 15.4 Å². The normalized spacial score (nSPS) is 28.0. The molecule has 3 aliphatic rings. The van der Waals surface area contributed by atoms with E-state index >= 15 is 0 Å². The topological polar surface area (TPSA) is 75.5 Å². The van der Waals surface area contributed by atoms with Crippen LogP contribution in [0.2, 0.25) is 0 Å². The van der Waals surface area contributed by atoms with Crippen molar-refractivity contribution in [2.45, 2.75) is 56.9 Å². The molecule has 3 heterocycles. The van der Waals surface area contributed by atoms with Gasteiger partial charge in [0.25, 0.3) is 0 Å². The number of carbonyl (C=O) groups is 1. The standard InChI is InChI=1S/C18H28N4O3S/c1-2-21-13-16(11-19-21)26(24,25)22-10-8-18(14-22)7-4-9-20(17(18)23)12-15-5-3-6-15/h11,13,15H,2-10,12,14H2,1H3/t18-/m0/s1. The molecule has 7 nitrogen and oxygen atoms in total. The number of aryl methyl sites for hydroxylation is 1. The van der Waals surface area contributed by atoms with Gasteiger partial charge in [-0.1, -0.05) is 6.42 Å². The Bertz CT molecular complexity index is 786. The fourth-order valence-electron chi connectivity index (χ4n) is 4.53. The second kappa shape index (κ2) is 6.64. The van der Waals surface area contributed by atoms with Gasteiger partial charge in [-0.3, -0.25) is 9.48 Å². The fourth-order valence-corrected chi connectivity index (χ4v) is 6.01. The Morgan fingerprint density at radius 1 is 1.23 bits per heavy atom. The van der Waals surface area contributed by atoms with Gasteiger partial charge in [0.05, 0.1) is 11.6 Å². The van der Waals surface area contributed by atoms with Crippen LogP contribution in [0, 0.1) is 11.3 Å². The minimum absolute atomic E-state index is 0.178. The van der Waals surface area contributed by atoms with Crippen molar-refractivity contribution in [3.63, 3.8) is 0 Å². The molecule has 1 atom stereocenters. The van der Waals surface area contributed by atoms with Crippen molar-refractivity contribution in [2.24, 2.45) is 11.3 Å². The first-order valence-corrected chi connectivity index (χ1v) is 11.2. The number of rotatable bonds is 5. The van der Waals surface area contributed by atoms with E-state index in [-0.39, 0.29) is 10.8 Å². The summed E-state index contributed by atoms with van der Waals surface area (Å²) >= 11 is 0. The van der Waals surface area contributed by atoms with Gasteiger partial charge in [0.2, 0.25) is 15.9 Å². The second-order valence-electron chi connectivity index (χ2n) is 8.05. The van der Waals surface area contributed by atoms with Crippen LogP contribution in [0.1, 0.15) is 45.4 Å². The average molecular weight is 381 g/mol. The number of carbonyl (C=O) groups excluding carboxylic acids is 1. The maximum absolute atomic E-state index is 13.2.